The van der Waals surface area contributed by atoms with Crippen LogP contribution in [0, 0.1) is 13.8 Å². The molecule has 0 atom stereocenters. The van der Waals surface area contributed by atoms with E-state index in [1.165, 1.54) is 28.9 Å². The molecule has 0 amide bonds. The lowest BCUT2D eigenvalue weighted by Crippen LogP contribution is -2.16. The Hall–Kier alpha value is -0.470. The molecule has 0 aromatic heterocycles. The Morgan fingerprint density at radius 1 is 1.20 bits per heavy atom. The Morgan fingerprint density at radius 2 is 1.87 bits per heavy atom. The first-order valence-electron chi connectivity index (χ1n) is 5.50. The van der Waals surface area contributed by atoms with E-state index >= 15 is 0 Å². The average molecular weight is 223 g/mol. The summed E-state index contributed by atoms with van der Waals surface area (Å²) in [7, 11) is 0. The number of thioether (sulfide) groups is 1. The molecule has 0 aliphatic heterocycles. The maximum Gasteiger partial charge on any atom is 0.0210 e. The van der Waals surface area contributed by atoms with Crippen molar-refractivity contribution in [2.24, 2.45) is 0 Å². The van der Waals surface area contributed by atoms with Gasteiger partial charge in [0.1, 0.15) is 0 Å². The van der Waals surface area contributed by atoms with Gasteiger partial charge in [0.05, 0.1) is 0 Å². The van der Waals surface area contributed by atoms with Gasteiger partial charge in [0.2, 0.25) is 0 Å². The summed E-state index contributed by atoms with van der Waals surface area (Å²) in [6, 6.07) is 6.50. The van der Waals surface area contributed by atoms with Crippen LogP contribution in [0.2, 0.25) is 0 Å². The van der Waals surface area contributed by atoms with Crippen LogP contribution in [0.5, 0.6) is 0 Å². The molecule has 0 heterocycles. The maximum absolute atomic E-state index is 3.50. The molecular weight excluding hydrogens is 202 g/mol. The second-order valence-corrected chi connectivity index (χ2v) is 4.88. The number of benzene rings is 1. The summed E-state index contributed by atoms with van der Waals surface area (Å²) in [6.07, 6.45) is 3.41. The van der Waals surface area contributed by atoms with E-state index in [1.807, 2.05) is 11.8 Å². The van der Waals surface area contributed by atoms with Gasteiger partial charge in [-0.2, -0.15) is 11.8 Å². The Kier molecular flexibility index (Phi) is 5.81. The molecule has 1 aromatic carbocycles. The van der Waals surface area contributed by atoms with Crippen molar-refractivity contribution in [1.82, 2.24) is 5.32 Å². The van der Waals surface area contributed by atoms with Crippen molar-refractivity contribution >= 4 is 11.8 Å². The number of hydrogen-bond acceptors (Lipinski definition) is 2. The van der Waals surface area contributed by atoms with Gasteiger partial charge >= 0.3 is 0 Å². The summed E-state index contributed by atoms with van der Waals surface area (Å²) in [5, 5.41) is 3.50. The zero-order chi connectivity index (χ0) is 11.1. The van der Waals surface area contributed by atoms with Gasteiger partial charge in [-0.1, -0.05) is 18.2 Å². The first-order chi connectivity index (χ1) is 7.25. The molecule has 0 saturated heterocycles. The summed E-state index contributed by atoms with van der Waals surface area (Å²) >= 11 is 1.91. The summed E-state index contributed by atoms with van der Waals surface area (Å²) in [4.78, 5) is 0. The van der Waals surface area contributed by atoms with Crippen molar-refractivity contribution in [2.45, 2.75) is 26.8 Å². The van der Waals surface area contributed by atoms with E-state index in [0.29, 0.717) is 0 Å². The van der Waals surface area contributed by atoms with Crippen molar-refractivity contribution in [1.29, 1.82) is 0 Å². The number of hydrogen-bond donors (Lipinski definition) is 1. The third kappa shape index (κ3) is 4.27. The molecule has 0 aliphatic rings. The quantitative estimate of drug-likeness (QED) is 0.744. The van der Waals surface area contributed by atoms with Gasteiger partial charge in [0, 0.05) is 6.54 Å². The second-order valence-electron chi connectivity index (χ2n) is 3.89. The van der Waals surface area contributed by atoms with Gasteiger partial charge in [0.15, 0.2) is 0 Å². The van der Waals surface area contributed by atoms with Crippen LogP contribution in [0.4, 0.5) is 0 Å². The molecule has 0 bridgehead atoms. The lowest BCUT2D eigenvalue weighted by atomic mass is 10.0. The van der Waals surface area contributed by atoms with E-state index < -0.39 is 0 Å². The smallest absolute Gasteiger partial charge is 0.0210 e. The summed E-state index contributed by atoms with van der Waals surface area (Å²) in [6.45, 7) is 6.50. The molecule has 15 heavy (non-hydrogen) atoms. The first kappa shape index (κ1) is 12.6. The van der Waals surface area contributed by atoms with Gasteiger partial charge in [-0.3, -0.25) is 0 Å². The molecule has 0 spiro atoms. The molecule has 1 nitrogen and oxygen atoms in total. The zero-order valence-corrected chi connectivity index (χ0v) is 10.8. The van der Waals surface area contributed by atoms with Crippen molar-refractivity contribution in [3.05, 3.63) is 34.9 Å². The minimum Gasteiger partial charge on any atom is -0.313 e. The lowest BCUT2D eigenvalue weighted by Gasteiger charge is -2.10. The van der Waals surface area contributed by atoms with Crippen LogP contribution in [0.25, 0.3) is 0 Å². The minimum absolute atomic E-state index is 1.01. The Labute approximate surface area is 97.7 Å². The molecule has 0 saturated carbocycles. The molecular formula is C13H21NS. The average Bonchev–Trinajstić information content (AvgIpc) is 2.21. The van der Waals surface area contributed by atoms with Gasteiger partial charge in [-0.05, 0) is 55.5 Å². The number of rotatable bonds is 6. The molecule has 1 rings (SSSR count). The molecule has 0 unspecified atom stereocenters. The van der Waals surface area contributed by atoms with Gasteiger partial charge in [-0.15, -0.1) is 0 Å². The van der Waals surface area contributed by atoms with Gasteiger partial charge < -0.3 is 5.32 Å². The maximum atomic E-state index is 3.50. The van der Waals surface area contributed by atoms with Crippen molar-refractivity contribution in [3.63, 3.8) is 0 Å². The predicted molar refractivity (Wildman–Crippen MR) is 70.6 cm³/mol. The van der Waals surface area contributed by atoms with Crippen molar-refractivity contribution in [3.8, 4) is 0 Å². The zero-order valence-electron chi connectivity index (χ0n) is 9.97. The predicted octanol–water partition coefficient (Wildman–Crippen LogP) is 3.15. The highest BCUT2D eigenvalue weighted by atomic mass is 32.2. The third-order valence-electron chi connectivity index (χ3n) is 2.65. The Bertz CT molecular complexity index is 276. The van der Waals surface area contributed by atoms with Crippen LogP contribution in [-0.2, 0) is 6.54 Å². The van der Waals surface area contributed by atoms with E-state index in [-0.39, 0.29) is 0 Å². The van der Waals surface area contributed by atoms with Crippen LogP contribution < -0.4 is 5.32 Å². The fourth-order valence-corrected chi connectivity index (χ4v) is 2.12. The van der Waals surface area contributed by atoms with Gasteiger partial charge in [-0.25, -0.2) is 0 Å². The van der Waals surface area contributed by atoms with Crippen LogP contribution in [-0.4, -0.2) is 18.6 Å². The minimum atomic E-state index is 1.01. The highest BCUT2D eigenvalue weighted by molar-refractivity contribution is 7.98. The highest BCUT2D eigenvalue weighted by Crippen LogP contribution is 2.12. The number of aryl methyl sites for hydroxylation is 2. The lowest BCUT2D eigenvalue weighted by molar-refractivity contribution is 0.674. The van der Waals surface area contributed by atoms with Gasteiger partial charge in [0.25, 0.3) is 0 Å². The normalized spacial score (nSPS) is 10.6. The third-order valence-corrected chi connectivity index (χ3v) is 3.35. The molecule has 2 heteroatoms. The molecule has 84 valence electrons. The second kappa shape index (κ2) is 6.91. The Balaban J connectivity index is 2.37. The van der Waals surface area contributed by atoms with E-state index in [9.17, 15) is 0 Å². The van der Waals surface area contributed by atoms with Crippen molar-refractivity contribution < 1.29 is 0 Å². The van der Waals surface area contributed by atoms with Crippen LogP contribution in [0.15, 0.2) is 18.2 Å². The summed E-state index contributed by atoms with van der Waals surface area (Å²) in [5.41, 5.74) is 4.25. The summed E-state index contributed by atoms with van der Waals surface area (Å²) < 4.78 is 0. The molecule has 0 fully saturated rings. The van der Waals surface area contributed by atoms with E-state index in [2.05, 4.69) is 43.6 Å². The monoisotopic (exact) mass is 223 g/mol. The van der Waals surface area contributed by atoms with Crippen LogP contribution in [0.1, 0.15) is 23.1 Å². The highest BCUT2D eigenvalue weighted by Gasteiger charge is 2.00. The fourth-order valence-electron chi connectivity index (χ4n) is 1.68. The molecule has 0 aliphatic carbocycles. The van der Waals surface area contributed by atoms with E-state index in [4.69, 9.17) is 0 Å². The van der Waals surface area contributed by atoms with Crippen LogP contribution in [0.3, 0.4) is 0 Å². The number of nitrogens with one attached hydrogen (secondary N) is 1. The van der Waals surface area contributed by atoms with E-state index in [1.54, 1.807) is 0 Å². The SMILES string of the molecule is CSCCCNCc1c(C)cccc1C. The van der Waals surface area contributed by atoms with E-state index in [0.717, 1.165) is 13.1 Å². The Morgan fingerprint density at radius 3 is 2.47 bits per heavy atom. The largest absolute Gasteiger partial charge is 0.313 e. The summed E-state index contributed by atoms with van der Waals surface area (Å²) in [5.74, 6) is 1.25. The molecule has 0 radical (unpaired) electrons. The van der Waals surface area contributed by atoms with Crippen LogP contribution >= 0.6 is 11.8 Å². The van der Waals surface area contributed by atoms with Crippen molar-refractivity contribution in [2.75, 3.05) is 18.6 Å². The topological polar surface area (TPSA) is 12.0 Å². The molecule has 1 aromatic rings. The molecule has 1 N–H and O–H groups in total. The standard InChI is InChI=1S/C13H21NS/c1-11-6-4-7-12(2)13(11)10-14-8-5-9-15-3/h4,6-7,14H,5,8-10H2,1-3H3. The first-order valence-corrected chi connectivity index (χ1v) is 6.90. The fraction of sp³-hybridized carbons (Fsp3) is 0.538.